The number of carbonyl (C=O) groups is 1. The van der Waals surface area contributed by atoms with Crippen molar-refractivity contribution in [3.8, 4) is 6.07 Å². The largest absolute Gasteiger partial charge is 0.363 e. The Morgan fingerprint density at radius 3 is 2.91 bits per heavy atom. The van der Waals surface area contributed by atoms with Gasteiger partial charge in [0.15, 0.2) is 5.69 Å². The molecule has 1 aliphatic carbocycles. The van der Waals surface area contributed by atoms with E-state index in [-0.39, 0.29) is 22.9 Å². The first-order chi connectivity index (χ1) is 16.0. The summed E-state index contributed by atoms with van der Waals surface area (Å²) in [5, 5.41) is 12.1. The number of amides is 1. The number of pyridine rings is 3. The molecule has 168 valence electrons. The third kappa shape index (κ3) is 3.83. The van der Waals surface area contributed by atoms with Gasteiger partial charge in [-0.3, -0.25) is 19.5 Å². The van der Waals surface area contributed by atoms with Crippen LogP contribution in [0.1, 0.15) is 40.7 Å². The van der Waals surface area contributed by atoms with Crippen LogP contribution in [0.4, 0.5) is 5.69 Å². The van der Waals surface area contributed by atoms with Crippen molar-refractivity contribution in [1.29, 1.82) is 5.26 Å². The number of hydrogen-bond donors (Lipinski definition) is 2. The van der Waals surface area contributed by atoms with Crippen LogP contribution in [0.3, 0.4) is 0 Å². The molecule has 0 aromatic carbocycles. The van der Waals surface area contributed by atoms with E-state index in [9.17, 15) is 14.9 Å². The molecule has 0 radical (unpaired) electrons. The molecule has 4 heterocycles. The molecular weight excluding hydrogens is 418 g/mol. The molecule has 3 aromatic heterocycles. The summed E-state index contributed by atoms with van der Waals surface area (Å²) in [4.78, 5) is 40.5. The second-order valence-corrected chi connectivity index (χ2v) is 8.54. The molecule has 1 saturated carbocycles. The van der Waals surface area contributed by atoms with Crippen molar-refractivity contribution in [2.45, 2.75) is 38.4 Å². The molecule has 0 unspecified atom stereocenters. The Hall–Kier alpha value is -3.77. The fourth-order valence-corrected chi connectivity index (χ4v) is 4.73. The van der Waals surface area contributed by atoms with Gasteiger partial charge in [0.05, 0.1) is 16.7 Å². The van der Waals surface area contributed by atoms with E-state index in [2.05, 4.69) is 36.1 Å². The molecule has 0 bridgehead atoms. The number of anilines is 1. The molecule has 2 aliphatic rings. The SMILES string of the molecule is CCc1cc2ncc(CN3CCN(c4ccc(C(=O)NC)nc4C#N)[C@H]4C[C@H]43)cc2[nH]c1=O. The number of carbonyl (C=O) groups excluding carboxylic acids is 1. The van der Waals surface area contributed by atoms with Crippen LogP contribution in [-0.2, 0) is 13.0 Å². The fraction of sp³-hybridized carbons (Fsp3) is 0.375. The molecule has 2 N–H and O–H groups in total. The Morgan fingerprint density at radius 2 is 2.15 bits per heavy atom. The van der Waals surface area contributed by atoms with E-state index in [0.29, 0.717) is 18.5 Å². The van der Waals surface area contributed by atoms with Gasteiger partial charge in [-0.2, -0.15) is 5.26 Å². The van der Waals surface area contributed by atoms with Gasteiger partial charge in [-0.1, -0.05) is 6.92 Å². The van der Waals surface area contributed by atoms with Crippen LogP contribution in [0.2, 0.25) is 0 Å². The maximum Gasteiger partial charge on any atom is 0.269 e. The summed E-state index contributed by atoms with van der Waals surface area (Å²) in [7, 11) is 1.54. The third-order valence-corrected chi connectivity index (χ3v) is 6.56. The van der Waals surface area contributed by atoms with Crippen molar-refractivity contribution in [2.75, 3.05) is 25.0 Å². The summed E-state index contributed by atoms with van der Waals surface area (Å²) < 4.78 is 0. The third-order valence-electron chi connectivity index (χ3n) is 6.56. The predicted octanol–water partition coefficient (Wildman–Crippen LogP) is 1.57. The predicted molar refractivity (Wildman–Crippen MR) is 124 cm³/mol. The lowest BCUT2D eigenvalue weighted by Crippen LogP contribution is -2.46. The van der Waals surface area contributed by atoms with Crippen molar-refractivity contribution in [1.82, 2.24) is 25.2 Å². The van der Waals surface area contributed by atoms with Crippen molar-refractivity contribution >= 4 is 22.6 Å². The van der Waals surface area contributed by atoms with Gasteiger partial charge in [0.1, 0.15) is 11.8 Å². The van der Waals surface area contributed by atoms with Crippen molar-refractivity contribution in [2.24, 2.45) is 0 Å². The number of nitrogens with one attached hydrogen (secondary N) is 2. The molecule has 1 aliphatic heterocycles. The van der Waals surface area contributed by atoms with E-state index in [1.165, 1.54) is 0 Å². The molecule has 0 spiro atoms. The number of nitrogens with zero attached hydrogens (tertiary/aromatic N) is 5. The fourth-order valence-electron chi connectivity index (χ4n) is 4.73. The lowest BCUT2D eigenvalue weighted by molar-refractivity contribution is 0.0958. The first-order valence-corrected chi connectivity index (χ1v) is 11.2. The van der Waals surface area contributed by atoms with E-state index in [0.717, 1.165) is 53.9 Å². The highest BCUT2D eigenvalue weighted by molar-refractivity contribution is 5.92. The van der Waals surface area contributed by atoms with Crippen LogP contribution in [0, 0.1) is 11.3 Å². The monoisotopic (exact) mass is 443 g/mol. The van der Waals surface area contributed by atoms with Gasteiger partial charge in [-0.05, 0) is 42.7 Å². The molecule has 2 atom stereocenters. The zero-order valence-electron chi connectivity index (χ0n) is 18.6. The van der Waals surface area contributed by atoms with Crippen LogP contribution in [0.15, 0.2) is 35.3 Å². The Balaban J connectivity index is 1.32. The second-order valence-electron chi connectivity index (χ2n) is 8.54. The summed E-state index contributed by atoms with van der Waals surface area (Å²) in [6, 6.07) is 10.2. The molecular formula is C24H25N7O2. The molecule has 1 amide bonds. The summed E-state index contributed by atoms with van der Waals surface area (Å²) in [6.07, 6.45) is 3.58. The van der Waals surface area contributed by atoms with Crippen molar-refractivity contribution < 1.29 is 4.79 Å². The van der Waals surface area contributed by atoms with Gasteiger partial charge in [0.25, 0.3) is 11.5 Å². The van der Waals surface area contributed by atoms with Crippen molar-refractivity contribution in [3.05, 3.63) is 63.3 Å². The standard InChI is InChI=1S/C24H25N7O2/c1-3-15-9-17-18(29-23(15)32)8-14(12-27-17)13-30-6-7-31(22-10-21(22)30)20-5-4-16(24(33)26-2)28-19(20)11-25/h4-5,8-9,12,21-22H,3,6-7,10,13H2,1-2H3,(H,26,33)(H,29,32)/t21-,22+/m1/s1. The van der Waals surface area contributed by atoms with Gasteiger partial charge < -0.3 is 15.2 Å². The Bertz CT molecular complexity index is 1340. The van der Waals surface area contributed by atoms with Crippen LogP contribution < -0.4 is 15.8 Å². The number of nitriles is 1. The highest BCUT2D eigenvalue weighted by atomic mass is 16.1. The van der Waals surface area contributed by atoms with Crippen LogP contribution in [-0.4, -0.2) is 58.0 Å². The minimum absolute atomic E-state index is 0.0517. The lowest BCUT2D eigenvalue weighted by Gasteiger charge is -2.35. The summed E-state index contributed by atoms with van der Waals surface area (Å²) in [5.74, 6) is -0.302. The van der Waals surface area contributed by atoms with Gasteiger partial charge in [-0.25, -0.2) is 4.98 Å². The maximum absolute atomic E-state index is 12.2. The van der Waals surface area contributed by atoms with E-state index in [1.807, 2.05) is 31.3 Å². The number of aryl methyl sites for hydroxylation is 1. The number of hydrogen-bond acceptors (Lipinski definition) is 7. The molecule has 33 heavy (non-hydrogen) atoms. The van der Waals surface area contributed by atoms with Gasteiger partial charge in [0.2, 0.25) is 0 Å². The number of H-pyrrole nitrogens is 1. The average molecular weight is 444 g/mol. The topological polar surface area (TPSA) is 118 Å². The normalized spacial score (nSPS) is 19.7. The minimum Gasteiger partial charge on any atom is -0.363 e. The molecule has 9 nitrogen and oxygen atoms in total. The summed E-state index contributed by atoms with van der Waals surface area (Å²) in [6.45, 7) is 4.33. The number of aromatic nitrogens is 3. The maximum atomic E-state index is 12.2. The highest BCUT2D eigenvalue weighted by Gasteiger charge is 2.49. The first-order valence-electron chi connectivity index (χ1n) is 11.2. The average Bonchev–Trinajstić information content (AvgIpc) is 3.64. The number of rotatable bonds is 5. The number of fused-ring (bicyclic) bond motifs is 2. The smallest absolute Gasteiger partial charge is 0.269 e. The number of aromatic amines is 1. The molecule has 5 rings (SSSR count). The Labute approximate surface area is 191 Å². The van der Waals surface area contributed by atoms with Crippen LogP contribution in [0.5, 0.6) is 0 Å². The molecule has 2 fully saturated rings. The minimum atomic E-state index is -0.302. The lowest BCUT2D eigenvalue weighted by atomic mass is 10.1. The summed E-state index contributed by atoms with van der Waals surface area (Å²) >= 11 is 0. The molecule has 3 aromatic rings. The molecule has 9 heteroatoms. The van der Waals surface area contributed by atoms with E-state index >= 15 is 0 Å². The first kappa shape index (κ1) is 21.1. The van der Waals surface area contributed by atoms with Gasteiger partial charge >= 0.3 is 0 Å². The zero-order chi connectivity index (χ0) is 23.1. The zero-order valence-corrected chi connectivity index (χ0v) is 18.6. The van der Waals surface area contributed by atoms with Crippen LogP contribution in [0.25, 0.3) is 11.0 Å². The van der Waals surface area contributed by atoms with Gasteiger partial charge in [0, 0.05) is 50.5 Å². The van der Waals surface area contributed by atoms with E-state index < -0.39 is 0 Å². The summed E-state index contributed by atoms with van der Waals surface area (Å²) in [5.41, 5.74) is 4.65. The Kier molecular flexibility index (Phi) is 5.30. The quantitative estimate of drug-likeness (QED) is 0.615. The molecule has 1 saturated heterocycles. The second kappa shape index (κ2) is 8.30. The number of piperazine rings is 1. The van der Waals surface area contributed by atoms with E-state index in [4.69, 9.17) is 0 Å². The Morgan fingerprint density at radius 1 is 1.30 bits per heavy atom. The van der Waals surface area contributed by atoms with Crippen molar-refractivity contribution in [3.63, 3.8) is 0 Å². The van der Waals surface area contributed by atoms with E-state index in [1.54, 1.807) is 13.1 Å². The van der Waals surface area contributed by atoms with Crippen LogP contribution >= 0.6 is 0 Å². The van der Waals surface area contributed by atoms with Gasteiger partial charge in [-0.15, -0.1) is 0 Å². The highest BCUT2D eigenvalue weighted by Crippen LogP contribution is 2.40.